The van der Waals surface area contributed by atoms with E-state index in [9.17, 15) is 0 Å². The van der Waals surface area contributed by atoms with Crippen LogP contribution in [0, 0.1) is 17.2 Å². The van der Waals surface area contributed by atoms with Gasteiger partial charge in [-0.3, -0.25) is 0 Å². The highest BCUT2D eigenvalue weighted by atomic mass is 35.5. The molecule has 0 heterocycles. The zero-order valence-electron chi connectivity index (χ0n) is 9.33. The summed E-state index contributed by atoms with van der Waals surface area (Å²) < 4.78 is 0. The lowest BCUT2D eigenvalue weighted by molar-refractivity contribution is 0.693. The minimum Gasteiger partial charge on any atom is -0.381 e. The van der Waals surface area contributed by atoms with Crippen LogP contribution in [-0.2, 0) is 0 Å². The summed E-state index contributed by atoms with van der Waals surface area (Å²) in [7, 11) is 0. The number of benzene rings is 1. The highest BCUT2D eigenvalue weighted by Crippen LogP contribution is 2.38. The van der Waals surface area contributed by atoms with Crippen molar-refractivity contribution in [2.24, 2.45) is 5.92 Å². The zero-order valence-corrected chi connectivity index (χ0v) is 10.1. The minimum absolute atomic E-state index is 0.533. The molecule has 0 amide bonds. The molecule has 0 spiro atoms. The van der Waals surface area contributed by atoms with Crippen molar-refractivity contribution < 1.29 is 0 Å². The molecule has 1 aromatic rings. The monoisotopic (exact) mass is 234 g/mol. The number of nitrogens with one attached hydrogen (secondary N) is 1. The van der Waals surface area contributed by atoms with Gasteiger partial charge in [-0.05, 0) is 37.0 Å². The second-order valence-corrected chi connectivity index (χ2v) is 4.77. The van der Waals surface area contributed by atoms with E-state index in [0.717, 1.165) is 11.6 Å². The van der Waals surface area contributed by atoms with Crippen molar-refractivity contribution >= 4 is 17.3 Å². The number of rotatable bonds is 4. The third-order valence-corrected chi connectivity index (χ3v) is 3.26. The second kappa shape index (κ2) is 4.76. The van der Waals surface area contributed by atoms with Crippen LogP contribution >= 0.6 is 11.6 Å². The average molecular weight is 235 g/mol. The van der Waals surface area contributed by atoms with Gasteiger partial charge in [-0.25, -0.2) is 0 Å². The van der Waals surface area contributed by atoms with Crippen molar-refractivity contribution in [3.8, 4) is 6.07 Å². The smallest absolute Gasteiger partial charge is 0.101 e. The van der Waals surface area contributed by atoms with Crippen LogP contribution in [0.25, 0.3) is 0 Å². The Morgan fingerprint density at radius 3 is 3.06 bits per heavy atom. The van der Waals surface area contributed by atoms with E-state index in [1.54, 1.807) is 12.1 Å². The Labute approximate surface area is 101 Å². The molecule has 1 aliphatic rings. The van der Waals surface area contributed by atoms with Crippen LogP contribution < -0.4 is 5.32 Å². The average Bonchev–Trinajstić information content (AvgIpc) is 2.97. The van der Waals surface area contributed by atoms with Crippen LogP contribution in [0.5, 0.6) is 0 Å². The molecule has 16 heavy (non-hydrogen) atoms. The largest absolute Gasteiger partial charge is 0.381 e. The van der Waals surface area contributed by atoms with Gasteiger partial charge in [0.15, 0.2) is 0 Å². The Morgan fingerprint density at radius 2 is 2.38 bits per heavy atom. The van der Waals surface area contributed by atoms with Crippen LogP contribution in [-0.4, -0.2) is 6.04 Å². The fourth-order valence-electron chi connectivity index (χ4n) is 2.05. The van der Waals surface area contributed by atoms with Crippen LogP contribution in [0.15, 0.2) is 18.2 Å². The summed E-state index contributed by atoms with van der Waals surface area (Å²) in [6.07, 6.45) is 3.70. The van der Waals surface area contributed by atoms with E-state index >= 15 is 0 Å². The molecular formula is C13H15ClN2. The molecule has 1 fully saturated rings. The summed E-state index contributed by atoms with van der Waals surface area (Å²) in [6, 6.07) is 8.07. The lowest BCUT2D eigenvalue weighted by Gasteiger charge is -2.08. The number of nitriles is 1. The van der Waals surface area contributed by atoms with E-state index in [1.807, 2.05) is 6.07 Å². The van der Waals surface area contributed by atoms with Gasteiger partial charge >= 0.3 is 0 Å². The van der Waals surface area contributed by atoms with E-state index < -0.39 is 0 Å². The summed E-state index contributed by atoms with van der Waals surface area (Å²) in [5.74, 6) is 0.774. The van der Waals surface area contributed by atoms with Gasteiger partial charge in [-0.1, -0.05) is 24.9 Å². The van der Waals surface area contributed by atoms with Crippen molar-refractivity contribution in [3.63, 3.8) is 0 Å². The predicted octanol–water partition coefficient (Wildman–Crippen LogP) is 3.81. The highest BCUT2D eigenvalue weighted by Gasteiger charge is 2.36. The lowest BCUT2D eigenvalue weighted by atomic mass is 10.2. The summed E-state index contributed by atoms with van der Waals surface area (Å²) in [6.45, 7) is 2.20. The minimum atomic E-state index is 0.533. The first kappa shape index (κ1) is 11.3. The van der Waals surface area contributed by atoms with Crippen molar-refractivity contribution in [2.45, 2.75) is 32.2 Å². The topological polar surface area (TPSA) is 35.8 Å². The zero-order chi connectivity index (χ0) is 11.5. The maximum Gasteiger partial charge on any atom is 0.101 e. The Kier molecular flexibility index (Phi) is 3.36. The number of nitrogens with zero attached hydrogens (tertiary/aromatic N) is 1. The highest BCUT2D eigenvalue weighted by molar-refractivity contribution is 6.30. The molecule has 2 nitrogen and oxygen atoms in total. The normalized spacial score (nSPS) is 22.6. The van der Waals surface area contributed by atoms with Crippen LogP contribution in [0.1, 0.15) is 31.7 Å². The first-order valence-electron chi connectivity index (χ1n) is 5.70. The van der Waals surface area contributed by atoms with Gasteiger partial charge in [-0.15, -0.1) is 0 Å². The molecular weight excluding hydrogens is 220 g/mol. The van der Waals surface area contributed by atoms with Gasteiger partial charge in [0.25, 0.3) is 0 Å². The first-order chi connectivity index (χ1) is 7.74. The molecule has 2 unspecified atom stereocenters. The molecule has 0 bridgehead atoms. The first-order valence-corrected chi connectivity index (χ1v) is 6.08. The molecule has 0 radical (unpaired) electrons. The van der Waals surface area contributed by atoms with Gasteiger partial charge in [-0.2, -0.15) is 5.26 Å². The van der Waals surface area contributed by atoms with Gasteiger partial charge in [0.05, 0.1) is 11.3 Å². The molecule has 0 saturated heterocycles. The summed E-state index contributed by atoms with van der Waals surface area (Å²) >= 11 is 5.93. The maximum atomic E-state index is 8.98. The molecule has 1 aromatic carbocycles. The molecule has 1 aliphatic carbocycles. The fourth-order valence-corrected chi connectivity index (χ4v) is 2.22. The lowest BCUT2D eigenvalue weighted by Crippen LogP contribution is -2.06. The molecule has 2 atom stereocenters. The van der Waals surface area contributed by atoms with Gasteiger partial charge in [0, 0.05) is 11.1 Å². The third-order valence-electron chi connectivity index (χ3n) is 3.03. The van der Waals surface area contributed by atoms with Crippen LogP contribution in [0.4, 0.5) is 5.69 Å². The number of hydrogen-bond donors (Lipinski definition) is 1. The third kappa shape index (κ3) is 2.48. The van der Waals surface area contributed by atoms with Gasteiger partial charge < -0.3 is 5.32 Å². The van der Waals surface area contributed by atoms with Gasteiger partial charge in [0.1, 0.15) is 6.07 Å². The predicted molar refractivity (Wildman–Crippen MR) is 66.6 cm³/mol. The van der Waals surface area contributed by atoms with Crippen molar-refractivity contribution in [2.75, 3.05) is 5.32 Å². The summed E-state index contributed by atoms with van der Waals surface area (Å²) in [5, 5.41) is 13.1. The van der Waals surface area contributed by atoms with E-state index in [4.69, 9.17) is 16.9 Å². The quantitative estimate of drug-likeness (QED) is 0.860. The maximum absolute atomic E-state index is 8.98. The van der Waals surface area contributed by atoms with Crippen molar-refractivity contribution in [1.29, 1.82) is 5.26 Å². The molecule has 0 aromatic heterocycles. The van der Waals surface area contributed by atoms with E-state index in [2.05, 4.69) is 18.3 Å². The fraction of sp³-hybridized carbons (Fsp3) is 0.462. The van der Waals surface area contributed by atoms with Crippen molar-refractivity contribution in [3.05, 3.63) is 28.8 Å². The SMILES string of the molecule is CCCC1CC1Nc1cc(Cl)ccc1C#N. The summed E-state index contributed by atoms with van der Waals surface area (Å²) in [4.78, 5) is 0. The van der Waals surface area contributed by atoms with Crippen molar-refractivity contribution in [1.82, 2.24) is 0 Å². The Hall–Kier alpha value is -1.20. The molecule has 0 aliphatic heterocycles. The number of halogens is 1. The van der Waals surface area contributed by atoms with E-state index in [0.29, 0.717) is 16.6 Å². The van der Waals surface area contributed by atoms with Crippen LogP contribution in [0.3, 0.4) is 0 Å². The molecule has 3 heteroatoms. The summed E-state index contributed by atoms with van der Waals surface area (Å²) in [5.41, 5.74) is 1.55. The number of anilines is 1. The molecule has 84 valence electrons. The molecule has 1 saturated carbocycles. The van der Waals surface area contributed by atoms with E-state index in [1.165, 1.54) is 19.3 Å². The standard InChI is InChI=1S/C13H15ClN2/c1-2-3-9-6-12(9)16-13-7-11(14)5-4-10(13)8-15/h4-5,7,9,12,16H,2-3,6H2,1H3. The van der Waals surface area contributed by atoms with Crippen LogP contribution in [0.2, 0.25) is 5.02 Å². The molecule has 2 rings (SSSR count). The Morgan fingerprint density at radius 1 is 1.56 bits per heavy atom. The Bertz CT molecular complexity index is 422. The number of hydrogen-bond acceptors (Lipinski definition) is 2. The Balaban J connectivity index is 2.05. The second-order valence-electron chi connectivity index (χ2n) is 4.34. The molecule has 1 N–H and O–H groups in total. The van der Waals surface area contributed by atoms with Gasteiger partial charge in [0.2, 0.25) is 0 Å². The van der Waals surface area contributed by atoms with E-state index in [-0.39, 0.29) is 0 Å².